The number of aryl methyl sites for hydroxylation is 1. The van der Waals surface area contributed by atoms with Crippen LogP contribution in [0.25, 0.3) is 10.9 Å². The number of pyridine rings is 1. The Bertz CT molecular complexity index is 1160. The second-order valence-corrected chi connectivity index (χ2v) is 9.90. The number of aromatic nitrogens is 1. The molecule has 30 heavy (non-hydrogen) atoms. The molecule has 0 unspecified atom stereocenters. The molecule has 3 N–H and O–H groups in total. The second kappa shape index (κ2) is 8.62. The Balaban J connectivity index is 1.69. The molecule has 4 rings (SSSR count). The second-order valence-electron chi connectivity index (χ2n) is 7.62. The van der Waals surface area contributed by atoms with E-state index in [4.69, 9.17) is 10.7 Å². The van der Waals surface area contributed by atoms with E-state index in [0.717, 1.165) is 52.9 Å². The molecular formula is C23H28N4O2S. The summed E-state index contributed by atoms with van der Waals surface area (Å²) in [5.41, 5.74) is 9.96. The molecule has 0 atom stereocenters. The first kappa shape index (κ1) is 20.6. The number of fused-ring (bicyclic) bond motifs is 2. The quantitative estimate of drug-likeness (QED) is 0.631. The van der Waals surface area contributed by atoms with Gasteiger partial charge in [0.15, 0.2) is 9.84 Å². The number of nitrogens with two attached hydrogens (primary N) is 1. The summed E-state index contributed by atoms with van der Waals surface area (Å²) in [6.07, 6.45) is 1.81. The third kappa shape index (κ3) is 4.13. The van der Waals surface area contributed by atoms with Crippen LogP contribution in [0.4, 0.5) is 11.5 Å². The van der Waals surface area contributed by atoms with E-state index >= 15 is 0 Å². The lowest BCUT2D eigenvalue weighted by Crippen LogP contribution is -2.24. The van der Waals surface area contributed by atoms with Crippen LogP contribution in [-0.2, 0) is 22.8 Å². The number of hydrogen-bond donors (Lipinski definition) is 2. The van der Waals surface area contributed by atoms with Gasteiger partial charge in [0.1, 0.15) is 5.82 Å². The molecule has 1 aliphatic heterocycles. The summed E-state index contributed by atoms with van der Waals surface area (Å²) in [4.78, 5) is 7.61. The largest absolute Gasteiger partial charge is 0.383 e. The van der Waals surface area contributed by atoms with Crippen LogP contribution >= 0.6 is 0 Å². The van der Waals surface area contributed by atoms with Crippen molar-refractivity contribution in [1.82, 2.24) is 4.98 Å². The summed E-state index contributed by atoms with van der Waals surface area (Å²) in [5, 5.41) is 4.51. The molecule has 3 aromatic rings. The molecule has 0 saturated carbocycles. The van der Waals surface area contributed by atoms with Crippen LogP contribution in [0.1, 0.15) is 24.5 Å². The highest BCUT2D eigenvalue weighted by atomic mass is 32.2. The van der Waals surface area contributed by atoms with E-state index in [1.165, 1.54) is 0 Å². The number of para-hydroxylation sites is 1. The zero-order valence-electron chi connectivity index (χ0n) is 17.3. The lowest BCUT2D eigenvalue weighted by Gasteiger charge is -2.24. The molecule has 0 amide bonds. The van der Waals surface area contributed by atoms with Crippen LogP contribution in [0.15, 0.2) is 53.4 Å². The summed E-state index contributed by atoms with van der Waals surface area (Å²) in [6.45, 7) is 4.52. The fraction of sp³-hybridized carbons (Fsp3) is 0.348. The van der Waals surface area contributed by atoms with Crippen molar-refractivity contribution in [1.29, 1.82) is 0 Å². The molecule has 0 spiro atoms. The van der Waals surface area contributed by atoms with Crippen molar-refractivity contribution in [2.45, 2.75) is 31.2 Å². The maximum atomic E-state index is 12.3. The Labute approximate surface area is 178 Å². The zero-order valence-corrected chi connectivity index (χ0v) is 18.1. The Kier molecular flexibility index (Phi) is 5.92. The van der Waals surface area contributed by atoms with Gasteiger partial charge in [-0.05, 0) is 42.2 Å². The van der Waals surface area contributed by atoms with Crippen LogP contribution in [0.2, 0.25) is 0 Å². The molecule has 7 heteroatoms. The number of hydrogen-bond acceptors (Lipinski definition) is 6. The van der Waals surface area contributed by atoms with Gasteiger partial charge >= 0.3 is 0 Å². The van der Waals surface area contributed by atoms with E-state index in [0.29, 0.717) is 24.5 Å². The fourth-order valence-corrected chi connectivity index (χ4v) is 4.90. The highest BCUT2D eigenvalue weighted by Crippen LogP contribution is 2.30. The van der Waals surface area contributed by atoms with Crippen molar-refractivity contribution >= 4 is 32.2 Å². The predicted molar refractivity (Wildman–Crippen MR) is 123 cm³/mol. The highest BCUT2D eigenvalue weighted by Gasteiger charge is 2.20. The summed E-state index contributed by atoms with van der Waals surface area (Å²) in [5.74, 6) is 1.05. The number of anilines is 2. The standard InChI is InChI=1S/C23H28N4O2S/c1-2-30(28,29)19-10-9-18-16-27(13-5-6-17(18)14-19)23-15-22(25-12-11-24)20-7-3-4-8-21(20)26-23/h3-4,7-10,14-15H,2,5-6,11-13,16,24H2,1H3,(H,25,26). The average Bonchev–Trinajstić information content (AvgIpc) is 2.99. The predicted octanol–water partition coefficient (Wildman–Crippen LogP) is 3.35. The van der Waals surface area contributed by atoms with E-state index in [9.17, 15) is 8.42 Å². The van der Waals surface area contributed by atoms with Crippen molar-refractivity contribution in [2.75, 3.05) is 35.6 Å². The number of benzene rings is 2. The highest BCUT2D eigenvalue weighted by molar-refractivity contribution is 7.91. The van der Waals surface area contributed by atoms with Crippen molar-refractivity contribution in [3.63, 3.8) is 0 Å². The third-order valence-electron chi connectivity index (χ3n) is 5.64. The molecule has 1 aromatic heterocycles. The average molecular weight is 425 g/mol. The third-order valence-corrected chi connectivity index (χ3v) is 7.37. The van der Waals surface area contributed by atoms with Gasteiger partial charge in [-0.2, -0.15) is 0 Å². The minimum atomic E-state index is -3.19. The van der Waals surface area contributed by atoms with Gasteiger partial charge in [0.25, 0.3) is 0 Å². The molecule has 1 aliphatic rings. The smallest absolute Gasteiger partial charge is 0.178 e. The van der Waals surface area contributed by atoms with Crippen molar-refractivity contribution < 1.29 is 8.42 Å². The van der Waals surface area contributed by atoms with Crippen LogP contribution in [0, 0.1) is 0 Å². The summed E-state index contributed by atoms with van der Waals surface area (Å²) in [6, 6.07) is 15.8. The van der Waals surface area contributed by atoms with Gasteiger partial charge in [0, 0.05) is 43.3 Å². The molecule has 158 valence electrons. The minimum absolute atomic E-state index is 0.123. The van der Waals surface area contributed by atoms with Gasteiger partial charge in [-0.25, -0.2) is 13.4 Å². The SMILES string of the molecule is CCS(=O)(=O)c1ccc2c(c1)CCCN(c1cc(NCCN)c3ccccc3n1)C2. The number of sulfone groups is 1. The van der Waals surface area contributed by atoms with Gasteiger partial charge in [-0.1, -0.05) is 31.2 Å². The summed E-state index contributed by atoms with van der Waals surface area (Å²) >= 11 is 0. The molecular weight excluding hydrogens is 396 g/mol. The van der Waals surface area contributed by atoms with Crippen molar-refractivity contribution in [2.24, 2.45) is 5.73 Å². The van der Waals surface area contributed by atoms with Crippen LogP contribution < -0.4 is 16.0 Å². The van der Waals surface area contributed by atoms with Crippen LogP contribution in [0.5, 0.6) is 0 Å². The minimum Gasteiger partial charge on any atom is -0.383 e. The van der Waals surface area contributed by atoms with Crippen LogP contribution in [-0.4, -0.2) is 38.8 Å². The van der Waals surface area contributed by atoms with Gasteiger partial charge in [-0.3, -0.25) is 0 Å². The molecule has 6 nitrogen and oxygen atoms in total. The first-order chi connectivity index (χ1) is 14.5. The molecule has 0 fully saturated rings. The van der Waals surface area contributed by atoms with Gasteiger partial charge in [-0.15, -0.1) is 0 Å². The van der Waals surface area contributed by atoms with E-state index in [2.05, 4.69) is 22.3 Å². The Hall–Kier alpha value is -2.64. The van der Waals surface area contributed by atoms with E-state index in [1.807, 2.05) is 30.3 Å². The normalized spacial score (nSPS) is 14.4. The van der Waals surface area contributed by atoms with Crippen LogP contribution in [0.3, 0.4) is 0 Å². The monoisotopic (exact) mass is 424 g/mol. The molecule has 0 saturated heterocycles. The lowest BCUT2D eigenvalue weighted by molar-refractivity contribution is 0.597. The number of nitrogens with one attached hydrogen (secondary N) is 1. The molecule has 0 bridgehead atoms. The molecule has 2 aromatic carbocycles. The summed E-state index contributed by atoms with van der Waals surface area (Å²) in [7, 11) is -3.19. The first-order valence-electron chi connectivity index (χ1n) is 10.4. The first-order valence-corrected chi connectivity index (χ1v) is 12.1. The Morgan fingerprint density at radius 2 is 1.97 bits per heavy atom. The van der Waals surface area contributed by atoms with E-state index < -0.39 is 9.84 Å². The number of rotatable bonds is 6. The van der Waals surface area contributed by atoms with Crippen molar-refractivity contribution in [3.05, 3.63) is 59.7 Å². The fourth-order valence-electron chi connectivity index (χ4n) is 3.97. The van der Waals surface area contributed by atoms with Gasteiger partial charge in [0.2, 0.25) is 0 Å². The Morgan fingerprint density at radius 1 is 1.13 bits per heavy atom. The van der Waals surface area contributed by atoms with Gasteiger partial charge < -0.3 is 16.0 Å². The van der Waals surface area contributed by atoms with Gasteiger partial charge in [0.05, 0.1) is 16.2 Å². The maximum Gasteiger partial charge on any atom is 0.178 e. The maximum absolute atomic E-state index is 12.3. The number of nitrogens with zero attached hydrogens (tertiary/aromatic N) is 2. The zero-order chi connectivity index (χ0) is 21.1. The molecule has 0 radical (unpaired) electrons. The van der Waals surface area contributed by atoms with Crippen molar-refractivity contribution in [3.8, 4) is 0 Å². The molecule has 0 aliphatic carbocycles. The summed E-state index contributed by atoms with van der Waals surface area (Å²) < 4.78 is 24.5. The van der Waals surface area contributed by atoms with E-state index in [1.54, 1.807) is 13.0 Å². The lowest BCUT2D eigenvalue weighted by atomic mass is 10.0. The topological polar surface area (TPSA) is 88.3 Å². The Morgan fingerprint density at radius 3 is 2.77 bits per heavy atom. The van der Waals surface area contributed by atoms with E-state index in [-0.39, 0.29) is 5.75 Å². The molecule has 2 heterocycles.